The van der Waals surface area contributed by atoms with Crippen LogP contribution >= 0.6 is 0 Å². The second-order valence-corrected chi connectivity index (χ2v) is 4.22. The minimum absolute atomic E-state index is 0.179. The second kappa shape index (κ2) is 4.69. The van der Waals surface area contributed by atoms with Gasteiger partial charge in [0.25, 0.3) is 5.91 Å². The molecule has 1 amide bonds. The van der Waals surface area contributed by atoms with Gasteiger partial charge in [0, 0.05) is 17.8 Å². The van der Waals surface area contributed by atoms with Crippen LogP contribution in [0.1, 0.15) is 16.1 Å². The lowest BCUT2D eigenvalue weighted by molar-refractivity contribution is 0.102. The second-order valence-electron chi connectivity index (χ2n) is 4.22. The SMILES string of the molecule is Cc1ccc2nc(NC(=O)c3ccnc(F)c3)cn2n1. The van der Waals surface area contributed by atoms with Crippen LogP contribution in [0.4, 0.5) is 10.2 Å². The summed E-state index contributed by atoms with van der Waals surface area (Å²) in [6.45, 7) is 1.86. The zero-order chi connectivity index (χ0) is 14.1. The molecule has 0 radical (unpaired) electrons. The van der Waals surface area contributed by atoms with Crippen LogP contribution in [-0.4, -0.2) is 25.5 Å². The van der Waals surface area contributed by atoms with Crippen molar-refractivity contribution in [1.29, 1.82) is 0 Å². The molecule has 0 fully saturated rings. The molecule has 0 saturated heterocycles. The number of rotatable bonds is 2. The molecule has 3 rings (SSSR count). The highest BCUT2D eigenvalue weighted by Gasteiger charge is 2.10. The highest BCUT2D eigenvalue weighted by molar-refractivity contribution is 6.03. The van der Waals surface area contributed by atoms with E-state index in [0.717, 1.165) is 11.8 Å². The Morgan fingerprint density at radius 1 is 1.35 bits per heavy atom. The zero-order valence-electron chi connectivity index (χ0n) is 10.5. The van der Waals surface area contributed by atoms with Gasteiger partial charge in [-0.25, -0.2) is 14.5 Å². The molecule has 0 atom stereocenters. The van der Waals surface area contributed by atoms with Gasteiger partial charge in [0.15, 0.2) is 11.5 Å². The molecular weight excluding hydrogens is 261 g/mol. The number of fused-ring (bicyclic) bond motifs is 1. The minimum Gasteiger partial charge on any atom is -0.305 e. The van der Waals surface area contributed by atoms with Gasteiger partial charge in [0.05, 0.1) is 11.9 Å². The van der Waals surface area contributed by atoms with E-state index in [0.29, 0.717) is 11.5 Å². The lowest BCUT2D eigenvalue weighted by Crippen LogP contribution is -2.12. The number of aryl methyl sites for hydroxylation is 1. The highest BCUT2D eigenvalue weighted by atomic mass is 19.1. The first-order valence-corrected chi connectivity index (χ1v) is 5.88. The number of nitrogens with one attached hydrogen (secondary N) is 1. The maximum absolute atomic E-state index is 13.0. The standard InChI is InChI=1S/C13H10FN5O/c1-8-2-3-12-16-11(7-19(12)18-8)17-13(20)9-4-5-15-10(14)6-9/h2-7H,1H3,(H,17,20). The van der Waals surface area contributed by atoms with Crippen LogP contribution in [0, 0.1) is 12.9 Å². The van der Waals surface area contributed by atoms with Crippen LogP contribution in [0.15, 0.2) is 36.7 Å². The predicted molar refractivity (Wildman–Crippen MR) is 69.9 cm³/mol. The van der Waals surface area contributed by atoms with E-state index in [-0.39, 0.29) is 5.56 Å². The Kier molecular flexibility index (Phi) is 2.86. The third-order valence-electron chi connectivity index (χ3n) is 2.68. The monoisotopic (exact) mass is 271 g/mol. The van der Waals surface area contributed by atoms with Gasteiger partial charge in [0.1, 0.15) is 0 Å². The van der Waals surface area contributed by atoms with Crippen LogP contribution < -0.4 is 5.32 Å². The third-order valence-corrected chi connectivity index (χ3v) is 2.68. The lowest BCUT2D eigenvalue weighted by Gasteiger charge is -2.00. The smallest absolute Gasteiger partial charge is 0.257 e. The normalized spacial score (nSPS) is 10.7. The summed E-state index contributed by atoms with van der Waals surface area (Å²) < 4.78 is 14.5. The summed E-state index contributed by atoms with van der Waals surface area (Å²) in [7, 11) is 0. The number of nitrogens with zero attached hydrogens (tertiary/aromatic N) is 4. The number of pyridine rings is 1. The molecule has 0 aromatic carbocycles. The Hall–Kier alpha value is -2.83. The highest BCUT2D eigenvalue weighted by Crippen LogP contribution is 2.10. The summed E-state index contributed by atoms with van der Waals surface area (Å²) in [6, 6.07) is 6.11. The topological polar surface area (TPSA) is 72.2 Å². The van der Waals surface area contributed by atoms with E-state index < -0.39 is 11.9 Å². The first kappa shape index (κ1) is 12.2. The number of carbonyl (C=O) groups is 1. The van der Waals surface area contributed by atoms with Crippen LogP contribution in [0.5, 0.6) is 0 Å². The number of anilines is 1. The molecule has 100 valence electrons. The van der Waals surface area contributed by atoms with E-state index in [1.165, 1.54) is 12.3 Å². The molecule has 3 aromatic heterocycles. The fraction of sp³-hybridized carbons (Fsp3) is 0.0769. The van der Waals surface area contributed by atoms with Crippen LogP contribution in [-0.2, 0) is 0 Å². The summed E-state index contributed by atoms with van der Waals surface area (Å²) in [5, 5.41) is 6.81. The summed E-state index contributed by atoms with van der Waals surface area (Å²) in [6.07, 6.45) is 2.83. The molecule has 7 heteroatoms. The maximum Gasteiger partial charge on any atom is 0.257 e. The van der Waals surface area contributed by atoms with E-state index >= 15 is 0 Å². The molecule has 1 N–H and O–H groups in total. The Bertz CT molecular complexity index is 798. The van der Waals surface area contributed by atoms with Gasteiger partial charge in [-0.3, -0.25) is 4.79 Å². The van der Waals surface area contributed by atoms with Crippen LogP contribution in [0.25, 0.3) is 5.65 Å². The van der Waals surface area contributed by atoms with Gasteiger partial charge in [0.2, 0.25) is 5.95 Å². The molecule has 0 saturated carbocycles. The first-order chi connectivity index (χ1) is 9.61. The van der Waals surface area contributed by atoms with Crippen molar-refractivity contribution in [3.8, 4) is 0 Å². The van der Waals surface area contributed by atoms with Gasteiger partial charge in [-0.15, -0.1) is 0 Å². The number of hydrogen-bond donors (Lipinski definition) is 1. The van der Waals surface area contributed by atoms with Crippen molar-refractivity contribution >= 4 is 17.4 Å². The quantitative estimate of drug-likeness (QED) is 0.722. The van der Waals surface area contributed by atoms with E-state index in [4.69, 9.17) is 0 Å². The minimum atomic E-state index is -0.704. The fourth-order valence-corrected chi connectivity index (χ4v) is 1.77. The van der Waals surface area contributed by atoms with Crippen molar-refractivity contribution < 1.29 is 9.18 Å². The summed E-state index contributed by atoms with van der Waals surface area (Å²) in [5.41, 5.74) is 1.63. The summed E-state index contributed by atoms with van der Waals surface area (Å²) in [4.78, 5) is 19.5. The molecule has 0 aliphatic carbocycles. The van der Waals surface area contributed by atoms with Crippen molar-refractivity contribution in [2.45, 2.75) is 6.92 Å². The van der Waals surface area contributed by atoms with Crippen molar-refractivity contribution in [2.24, 2.45) is 0 Å². The van der Waals surface area contributed by atoms with Crippen LogP contribution in [0.3, 0.4) is 0 Å². The largest absolute Gasteiger partial charge is 0.305 e. The molecule has 20 heavy (non-hydrogen) atoms. The van der Waals surface area contributed by atoms with E-state index in [9.17, 15) is 9.18 Å². The number of aromatic nitrogens is 4. The molecule has 0 aliphatic rings. The number of halogens is 1. The first-order valence-electron chi connectivity index (χ1n) is 5.88. The molecule has 3 heterocycles. The average Bonchev–Trinajstić information content (AvgIpc) is 2.80. The lowest BCUT2D eigenvalue weighted by atomic mass is 10.2. The number of carbonyl (C=O) groups excluding carboxylic acids is 1. The number of amides is 1. The number of hydrogen-bond acceptors (Lipinski definition) is 4. The van der Waals surface area contributed by atoms with E-state index in [2.05, 4.69) is 20.4 Å². The van der Waals surface area contributed by atoms with Crippen molar-refractivity contribution in [1.82, 2.24) is 19.6 Å². The Morgan fingerprint density at radius 3 is 3.00 bits per heavy atom. The van der Waals surface area contributed by atoms with Crippen molar-refractivity contribution in [3.63, 3.8) is 0 Å². The van der Waals surface area contributed by atoms with E-state index in [1.807, 2.05) is 13.0 Å². The van der Waals surface area contributed by atoms with Crippen molar-refractivity contribution in [2.75, 3.05) is 5.32 Å². The molecular formula is C13H10FN5O. The average molecular weight is 271 g/mol. The third kappa shape index (κ3) is 2.33. The molecule has 0 aliphatic heterocycles. The van der Waals surface area contributed by atoms with Gasteiger partial charge in [-0.2, -0.15) is 9.49 Å². The fourth-order valence-electron chi connectivity index (χ4n) is 1.77. The van der Waals surface area contributed by atoms with E-state index in [1.54, 1.807) is 16.8 Å². The van der Waals surface area contributed by atoms with Gasteiger partial charge in [-0.05, 0) is 25.1 Å². The predicted octanol–water partition coefficient (Wildman–Crippen LogP) is 1.82. The van der Waals surface area contributed by atoms with Crippen molar-refractivity contribution in [3.05, 3.63) is 53.9 Å². The van der Waals surface area contributed by atoms with Gasteiger partial charge >= 0.3 is 0 Å². The summed E-state index contributed by atoms with van der Waals surface area (Å²) in [5.74, 6) is -0.804. The molecule has 0 spiro atoms. The van der Waals surface area contributed by atoms with Gasteiger partial charge < -0.3 is 5.32 Å². The Labute approximate surface area is 113 Å². The Balaban J connectivity index is 1.87. The number of imidazole rings is 1. The summed E-state index contributed by atoms with van der Waals surface area (Å²) >= 11 is 0. The Morgan fingerprint density at radius 2 is 2.20 bits per heavy atom. The maximum atomic E-state index is 13.0. The molecule has 6 nitrogen and oxygen atoms in total. The molecule has 0 bridgehead atoms. The van der Waals surface area contributed by atoms with Crippen LogP contribution in [0.2, 0.25) is 0 Å². The molecule has 3 aromatic rings. The zero-order valence-corrected chi connectivity index (χ0v) is 10.5. The van der Waals surface area contributed by atoms with Gasteiger partial charge in [-0.1, -0.05) is 0 Å². The molecule has 0 unspecified atom stereocenters.